The monoisotopic (exact) mass is 510 g/mol. The smallest absolute Gasteiger partial charge is 0.418 e. The van der Waals surface area contributed by atoms with Crippen LogP contribution in [0.25, 0.3) is 0 Å². The molecule has 0 aliphatic carbocycles. The number of benzene rings is 2. The Bertz CT molecular complexity index is 1050. The summed E-state index contributed by atoms with van der Waals surface area (Å²) in [6.45, 7) is 1.62. The number of sulfonamides is 1. The summed E-state index contributed by atoms with van der Waals surface area (Å²) in [6, 6.07) is 6.46. The second-order valence-electron chi connectivity index (χ2n) is 6.87. The van der Waals surface area contributed by atoms with Crippen LogP contribution in [0, 0.1) is 5.82 Å². The highest BCUT2D eigenvalue weighted by atomic mass is 79.9. The number of hydrogen-bond donors (Lipinski definition) is 0. The molecule has 2 aromatic carbocycles. The number of hydrogen-bond acceptors (Lipinski definition) is 4. The van der Waals surface area contributed by atoms with Crippen molar-refractivity contribution in [2.75, 3.05) is 31.6 Å². The second-order valence-corrected chi connectivity index (χ2v) is 9.64. The molecule has 1 aliphatic rings. The van der Waals surface area contributed by atoms with Crippen LogP contribution in [0.4, 0.5) is 23.2 Å². The maximum absolute atomic E-state index is 13.4. The lowest BCUT2D eigenvalue weighted by Crippen LogP contribution is -2.54. The van der Waals surface area contributed by atoms with Crippen molar-refractivity contribution in [3.63, 3.8) is 0 Å². The number of alkyl halides is 3. The Morgan fingerprint density at radius 3 is 2.43 bits per heavy atom. The normalized spacial score (nSPS) is 18.5. The molecule has 0 N–H and O–H groups in total. The Morgan fingerprint density at radius 1 is 1.13 bits per heavy atom. The molecule has 0 aromatic heterocycles. The summed E-state index contributed by atoms with van der Waals surface area (Å²) in [7, 11) is -2.60. The molecular weight excluding hydrogens is 492 g/mol. The summed E-state index contributed by atoms with van der Waals surface area (Å²) in [5.74, 6) is -0.812. The highest BCUT2D eigenvalue weighted by Crippen LogP contribution is 2.38. The van der Waals surface area contributed by atoms with Gasteiger partial charge in [-0.25, -0.2) is 12.8 Å². The van der Waals surface area contributed by atoms with Crippen molar-refractivity contribution >= 4 is 31.6 Å². The third-order valence-electron chi connectivity index (χ3n) is 4.88. The standard InChI is InChI=1S/C19H19BrF4N2O3S/c1-12-11-25(16-5-4-14(21)10-15(16)19(22,23)24)7-8-26(12)30(27,28)18-9-13(20)3-6-17(18)29-2/h3-6,9-10,12H,7-8,11H2,1-2H3. The van der Waals surface area contributed by atoms with Gasteiger partial charge in [0.05, 0.1) is 12.7 Å². The van der Waals surface area contributed by atoms with E-state index in [0.29, 0.717) is 10.5 Å². The van der Waals surface area contributed by atoms with E-state index in [1.54, 1.807) is 13.0 Å². The highest BCUT2D eigenvalue weighted by molar-refractivity contribution is 9.10. The number of nitrogens with zero attached hydrogens (tertiary/aromatic N) is 2. The summed E-state index contributed by atoms with van der Waals surface area (Å²) in [4.78, 5) is 1.40. The van der Waals surface area contributed by atoms with Gasteiger partial charge in [-0.3, -0.25) is 0 Å². The lowest BCUT2D eigenvalue weighted by molar-refractivity contribution is -0.137. The zero-order valence-electron chi connectivity index (χ0n) is 16.1. The Kier molecular flexibility index (Phi) is 6.35. The third kappa shape index (κ3) is 4.42. The van der Waals surface area contributed by atoms with Gasteiger partial charge >= 0.3 is 6.18 Å². The maximum Gasteiger partial charge on any atom is 0.418 e. The first-order valence-corrected chi connectivity index (χ1v) is 11.2. The van der Waals surface area contributed by atoms with Crippen LogP contribution >= 0.6 is 15.9 Å². The fourth-order valence-corrected chi connectivity index (χ4v) is 5.82. The average Bonchev–Trinajstić information content (AvgIpc) is 2.67. The predicted molar refractivity (Wildman–Crippen MR) is 108 cm³/mol. The number of methoxy groups -OCH3 is 1. The van der Waals surface area contributed by atoms with Gasteiger partial charge in [0.1, 0.15) is 16.5 Å². The van der Waals surface area contributed by atoms with E-state index < -0.39 is 33.6 Å². The zero-order chi connectivity index (χ0) is 22.3. The summed E-state index contributed by atoms with van der Waals surface area (Å²) < 4.78 is 86.9. The van der Waals surface area contributed by atoms with Crippen LogP contribution in [-0.4, -0.2) is 45.5 Å². The van der Waals surface area contributed by atoms with Crippen molar-refractivity contribution in [3.8, 4) is 5.75 Å². The van der Waals surface area contributed by atoms with Gasteiger partial charge in [0, 0.05) is 35.8 Å². The molecule has 164 valence electrons. The average molecular weight is 511 g/mol. The SMILES string of the molecule is COc1ccc(Br)cc1S(=O)(=O)N1CCN(c2ccc(F)cc2C(F)(F)F)CC1C. The van der Waals surface area contributed by atoms with Gasteiger partial charge in [-0.2, -0.15) is 17.5 Å². The minimum Gasteiger partial charge on any atom is -0.495 e. The molecule has 1 saturated heterocycles. The fourth-order valence-electron chi connectivity index (χ4n) is 3.51. The molecule has 3 rings (SSSR count). The Balaban J connectivity index is 1.91. The largest absolute Gasteiger partial charge is 0.495 e. The van der Waals surface area contributed by atoms with E-state index >= 15 is 0 Å². The molecule has 0 saturated carbocycles. The number of anilines is 1. The van der Waals surface area contributed by atoms with Crippen molar-refractivity contribution in [1.82, 2.24) is 4.31 Å². The van der Waals surface area contributed by atoms with Crippen LogP contribution in [0.15, 0.2) is 45.8 Å². The summed E-state index contributed by atoms with van der Waals surface area (Å²) in [5.41, 5.74) is -1.26. The lowest BCUT2D eigenvalue weighted by Gasteiger charge is -2.40. The van der Waals surface area contributed by atoms with E-state index in [4.69, 9.17) is 4.74 Å². The van der Waals surface area contributed by atoms with Gasteiger partial charge in [-0.15, -0.1) is 0 Å². The number of piperazine rings is 1. The van der Waals surface area contributed by atoms with Crippen LogP contribution in [0.1, 0.15) is 12.5 Å². The molecular formula is C19H19BrF4N2O3S. The first kappa shape index (κ1) is 22.8. The van der Waals surface area contributed by atoms with E-state index in [1.165, 1.54) is 28.4 Å². The molecule has 11 heteroatoms. The topological polar surface area (TPSA) is 49.9 Å². The minimum atomic E-state index is -4.73. The van der Waals surface area contributed by atoms with Crippen molar-refractivity contribution in [2.24, 2.45) is 0 Å². The number of halogens is 5. The Hall–Kier alpha value is -1.85. The van der Waals surface area contributed by atoms with Gasteiger partial charge in [0.25, 0.3) is 0 Å². The Labute approximate surface area is 180 Å². The fraction of sp³-hybridized carbons (Fsp3) is 0.368. The van der Waals surface area contributed by atoms with E-state index in [9.17, 15) is 26.0 Å². The van der Waals surface area contributed by atoms with Crippen molar-refractivity contribution in [2.45, 2.75) is 24.0 Å². The zero-order valence-corrected chi connectivity index (χ0v) is 18.5. The van der Waals surface area contributed by atoms with Crippen LogP contribution in [-0.2, 0) is 16.2 Å². The summed E-state index contributed by atoms with van der Waals surface area (Å²) in [6.07, 6.45) is -4.73. The third-order valence-corrected chi connectivity index (χ3v) is 7.41. The molecule has 5 nitrogen and oxygen atoms in total. The molecule has 1 fully saturated rings. The van der Waals surface area contributed by atoms with Gasteiger partial charge in [0.2, 0.25) is 10.0 Å². The predicted octanol–water partition coefficient (Wildman–Crippen LogP) is 4.52. The molecule has 1 aliphatic heterocycles. The summed E-state index contributed by atoms with van der Waals surface area (Å²) >= 11 is 3.25. The maximum atomic E-state index is 13.4. The molecule has 0 amide bonds. The van der Waals surface area contributed by atoms with Crippen LogP contribution in [0.3, 0.4) is 0 Å². The van der Waals surface area contributed by atoms with Gasteiger partial charge in [-0.05, 0) is 43.3 Å². The molecule has 0 spiro atoms. The molecule has 0 radical (unpaired) electrons. The van der Waals surface area contributed by atoms with E-state index in [0.717, 1.165) is 12.1 Å². The van der Waals surface area contributed by atoms with Crippen molar-refractivity contribution in [1.29, 1.82) is 0 Å². The van der Waals surface area contributed by atoms with E-state index in [2.05, 4.69) is 15.9 Å². The molecule has 1 unspecified atom stereocenters. The first-order valence-electron chi connectivity index (χ1n) is 8.92. The molecule has 1 atom stereocenters. The lowest BCUT2D eigenvalue weighted by atomic mass is 10.1. The van der Waals surface area contributed by atoms with E-state index in [-0.39, 0.29) is 36.0 Å². The number of ether oxygens (including phenoxy) is 1. The minimum absolute atomic E-state index is 0.0181. The van der Waals surface area contributed by atoms with E-state index in [1.807, 2.05) is 0 Å². The van der Waals surface area contributed by atoms with Crippen LogP contribution in [0.5, 0.6) is 5.75 Å². The summed E-state index contributed by atoms with van der Waals surface area (Å²) in [5, 5.41) is 0. The van der Waals surface area contributed by atoms with Crippen molar-refractivity contribution in [3.05, 3.63) is 52.3 Å². The van der Waals surface area contributed by atoms with Gasteiger partial charge in [0.15, 0.2) is 0 Å². The first-order chi connectivity index (χ1) is 13.9. The molecule has 0 bridgehead atoms. The molecule has 1 heterocycles. The van der Waals surface area contributed by atoms with Crippen molar-refractivity contribution < 1.29 is 30.7 Å². The van der Waals surface area contributed by atoms with Crippen LogP contribution in [0.2, 0.25) is 0 Å². The Morgan fingerprint density at radius 2 is 1.83 bits per heavy atom. The van der Waals surface area contributed by atoms with Gasteiger partial charge in [-0.1, -0.05) is 15.9 Å². The molecule has 2 aromatic rings. The second kappa shape index (κ2) is 8.35. The molecule has 30 heavy (non-hydrogen) atoms. The van der Waals surface area contributed by atoms with Gasteiger partial charge < -0.3 is 9.64 Å². The number of rotatable bonds is 4. The quantitative estimate of drug-likeness (QED) is 0.567. The van der Waals surface area contributed by atoms with Crippen LogP contribution < -0.4 is 9.64 Å². The highest BCUT2D eigenvalue weighted by Gasteiger charge is 2.39.